The Morgan fingerprint density at radius 2 is 1.82 bits per heavy atom. The van der Waals surface area contributed by atoms with Gasteiger partial charge in [-0.05, 0) is 86.1 Å². The number of ether oxygens (including phenoxy) is 3. The highest BCUT2D eigenvalue weighted by atomic mass is 79.9. The molecule has 0 unspecified atom stereocenters. The SMILES string of the molecule is C=CCOc1ccc(C2=NN3[C@H](C2)c2cc(Br)ccc2O[C@@H]3c2ccc(OC(C)C)cc2)cc1. The molecule has 0 bridgehead atoms. The lowest BCUT2D eigenvalue weighted by Crippen LogP contribution is -2.33. The van der Waals surface area contributed by atoms with Gasteiger partial charge < -0.3 is 14.2 Å². The number of halogens is 1. The van der Waals surface area contributed by atoms with Crippen molar-refractivity contribution in [2.75, 3.05) is 6.61 Å². The van der Waals surface area contributed by atoms with E-state index in [9.17, 15) is 0 Å². The second-order valence-electron chi connectivity index (χ2n) is 8.66. The third-order valence-corrected chi connectivity index (χ3v) is 6.34. The number of rotatable bonds is 7. The fourth-order valence-electron chi connectivity index (χ4n) is 4.33. The smallest absolute Gasteiger partial charge is 0.213 e. The Morgan fingerprint density at radius 3 is 2.53 bits per heavy atom. The van der Waals surface area contributed by atoms with Gasteiger partial charge in [0.1, 0.15) is 23.9 Å². The zero-order valence-corrected chi connectivity index (χ0v) is 20.9. The standard InChI is InChI=1S/C28H27BrN2O3/c1-4-15-32-22-10-5-19(6-11-22)25-17-26-24-16-21(29)9-14-27(24)34-28(31(26)30-25)20-7-12-23(13-8-20)33-18(2)3/h4-14,16,18,26,28H,1,15,17H2,2-3H3/t26-,28-/m1/s1. The van der Waals surface area contributed by atoms with Gasteiger partial charge in [-0.15, -0.1) is 0 Å². The molecule has 0 aromatic heterocycles. The molecule has 0 fully saturated rings. The lowest BCUT2D eigenvalue weighted by Gasteiger charge is -2.38. The highest BCUT2D eigenvalue weighted by Crippen LogP contribution is 2.48. The lowest BCUT2D eigenvalue weighted by molar-refractivity contribution is -0.0191. The fraction of sp³-hybridized carbons (Fsp3) is 0.250. The normalized spacial score (nSPS) is 18.6. The predicted octanol–water partition coefficient (Wildman–Crippen LogP) is 7.04. The molecule has 3 aromatic carbocycles. The minimum atomic E-state index is -0.320. The van der Waals surface area contributed by atoms with Gasteiger partial charge in [-0.1, -0.05) is 28.6 Å². The Balaban J connectivity index is 1.47. The maximum atomic E-state index is 6.48. The van der Waals surface area contributed by atoms with Gasteiger partial charge in [0, 0.05) is 22.0 Å². The Labute approximate surface area is 208 Å². The molecule has 0 saturated heterocycles. The maximum Gasteiger partial charge on any atom is 0.213 e. The van der Waals surface area contributed by atoms with Gasteiger partial charge >= 0.3 is 0 Å². The first-order valence-electron chi connectivity index (χ1n) is 11.4. The lowest BCUT2D eigenvalue weighted by atomic mass is 9.96. The molecule has 0 radical (unpaired) electrons. The summed E-state index contributed by atoms with van der Waals surface area (Å²) in [6.45, 7) is 8.24. The van der Waals surface area contributed by atoms with E-state index >= 15 is 0 Å². The zero-order chi connectivity index (χ0) is 23.7. The van der Waals surface area contributed by atoms with Crippen LogP contribution < -0.4 is 14.2 Å². The largest absolute Gasteiger partial charge is 0.491 e. The molecule has 174 valence electrons. The molecule has 0 N–H and O–H groups in total. The summed E-state index contributed by atoms with van der Waals surface area (Å²) >= 11 is 3.62. The molecule has 5 rings (SSSR count). The molecular weight excluding hydrogens is 492 g/mol. The molecule has 2 atom stereocenters. The van der Waals surface area contributed by atoms with Crippen LogP contribution in [0.15, 0.2) is 89.0 Å². The zero-order valence-electron chi connectivity index (χ0n) is 19.3. The molecule has 2 heterocycles. The highest BCUT2D eigenvalue weighted by molar-refractivity contribution is 9.10. The number of hydrazone groups is 1. The van der Waals surface area contributed by atoms with E-state index in [0.29, 0.717) is 6.61 Å². The van der Waals surface area contributed by atoms with Crippen LogP contribution in [-0.2, 0) is 0 Å². The first-order valence-corrected chi connectivity index (χ1v) is 12.2. The average Bonchev–Trinajstić information content (AvgIpc) is 3.29. The van der Waals surface area contributed by atoms with Gasteiger partial charge in [-0.3, -0.25) is 0 Å². The Bertz CT molecular complexity index is 1210. The van der Waals surface area contributed by atoms with Gasteiger partial charge in [-0.2, -0.15) is 5.10 Å². The number of hydrogen-bond donors (Lipinski definition) is 0. The Hall–Kier alpha value is -3.25. The third-order valence-electron chi connectivity index (χ3n) is 5.84. The molecule has 2 aliphatic heterocycles. The summed E-state index contributed by atoms with van der Waals surface area (Å²) in [5.74, 6) is 2.56. The summed E-state index contributed by atoms with van der Waals surface area (Å²) in [6, 6.07) is 22.4. The number of nitrogens with zero attached hydrogens (tertiary/aromatic N) is 2. The number of benzene rings is 3. The van der Waals surface area contributed by atoms with Crippen molar-refractivity contribution in [1.82, 2.24) is 5.01 Å². The van der Waals surface area contributed by atoms with Gasteiger partial charge in [-0.25, -0.2) is 5.01 Å². The monoisotopic (exact) mass is 518 g/mol. The Kier molecular flexibility index (Phi) is 6.33. The molecular formula is C28H27BrN2O3. The van der Waals surface area contributed by atoms with E-state index in [4.69, 9.17) is 19.3 Å². The van der Waals surface area contributed by atoms with Crippen molar-refractivity contribution in [3.63, 3.8) is 0 Å². The highest BCUT2D eigenvalue weighted by Gasteiger charge is 2.41. The summed E-state index contributed by atoms with van der Waals surface area (Å²) in [5.41, 5.74) is 4.28. The van der Waals surface area contributed by atoms with Crippen molar-refractivity contribution in [2.24, 2.45) is 5.10 Å². The van der Waals surface area contributed by atoms with Gasteiger partial charge in [0.15, 0.2) is 0 Å². The maximum absolute atomic E-state index is 6.48. The summed E-state index contributed by atoms with van der Waals surface area (Å²) < 4.78 is 19.0. The minimum absolute atomic E-state index is 0.0875. The molecule has 0 saturated carbocycles. The molecule has 0 spiro atoms. The summed E-state index contributed by atoms with van der Waals surface area (Å²) in [7, 11) is 0. The van der Waals surface area contributed by atoms with Crippen LogP contribution in [0.2, 0.25) is 0 Å². The van der Waals surface area contributed by atoms with Crippen LogP contribution in [0.25, 0.3) is 0 Å². The molecule has 6 heteroatoms. The first-order chi connectivity index (χ1) is 16.5. The van der Waals surface area contributed by atoms with Crippen LogP contribution in [-0.4, -0.2) is 23.4 Å². The van der Waals surface area contributed by atoms with Crippen LogP contribution in [0, 0.1) is 0 Å². The van der Waals surface area contributed by atoms with Crippen LogP contribution in [0.1, 0.15) is 49.2 Å². The van der Waals surface area contributed by atoms with Gasteiger partial charge in [0.2, 0.25) is 6.23 Å². The van der Waals surface area contributed by atoms with Crippen LogP contribution >= 0.6 is 15.9 Å². The summed E-state index contributed by atoms with van der Waals surface area (Å²) in [5, 5.41) is 7.14. The van der Waals surface area contributed by atoms with Gasteiger partial charge in [0.25, 0.3) is 0 Å². The fourth-order valence-corrected chi connectivity index (χ4v) is 4.71. The average molecular weight is 519 g/mol. The van der Waals surface area contributed by atoms with E-state index in [2.05, 4.69) is 57.8 Å². The molecule has 5 nitrogen and oxygen atoms in total. The molecule has 2 aliphatic rings. The van der Waals surface area contributed by atoms with Crippen molar-refractivity contribution in [1.29, 1.82) is 0 Å². The second-order valence-corrected chi connectivity index (χ2v) is 9.57. The topological polar surface area (TPSA) is 43.3 Å². The Morgan fingerprint density at radius 1 is 1.09 bits per heavy atom. The minimum Gasteiger partial charge on any atom is -0.491 e. The van der Waals surface area contributed by atoms with Crippen molar-refractivity contribution in [2.45, 2.75) is 38.6 Å². The van der Waals surface area contributed by atoms with Crippen molar-refractivity contribution >= 4 is 21.6 Å². The predicted molar refractivity (Wildman–Crippen MR) is 138 cm³/mol. The van der Waals surface area contributed by atoms with Crippen LogP contribution in [0.4, 0.5) is 0 Å². The van der Waals surface area contributed by atoms with E-state index in [1.165, 1.54) is 0 Å². The van der Waals surface area contributed by atoms with Crippen molar-refractivity contribution in [3.05, 3.63) is 101 Å². The van der Waals surface area contributed by atoms with E-state index < -0.39 is 0 Å². The number of hydrogen-bond acceptors (Lipinski definition) is 5. The van der Waals surface area contributed by atoms with Gasteiger partial charge in [0.05, 0.1) is 17.9 Å². The third kappa shape index (κ3) is 4.55. The van der Waals surface area contributed by atoms with E-state index in [0.717, 1.165) is 50.5 Å². The second kappa shape index (κ2) is 9.55. The van der Waals surface area contributed by atoms with Crippen LogP contribution in [0.3, 0.4) is 0 Å². The quantitative estimate of drug-likeness (QED) is 0.314. The first kappa shape index (κ1) is 22.5. The van der Waals surface area contributed by atoms with Crippen molar-refractivity contribution < 1.29 is 14.2 Å². The van der Waals surface area contributed by atoms with E-state index in [1.807, 2.05) is 50.2 Å². The molecule has 34 heavy (non-hydrogen) atoms. The number of fused-ring (bicyclic) bond motifs is 3. The van der Waals surface area contributed by atoms with E-state index in [-0.39, 0.29) is 18.4 Å². The summed E-state index contributed by atoms with van der Waals surface area (Å²) in [4.78, 5) is 0. The van der Waals surface area contributed by atoms with Crippen LogP contribution in [0.5, 0.6) is 17.2 Å². The molecule has 0 aliphatic carbocycles. The summed E-state index contributed by atoms with van der Waals surface area (Å²) in [6.07, 6.45) is 2.35. The molecule has 0 amide bonds. The molecule has 3 aromatic rings. The van der Waals surface area contributed by atoms with Crippen molar-refractivity contribution in [3.8, 4) is 17.2 Å². The van der Waals surface area contributed by atoms with E-state index in [1.54, 1.807) is 6.08 Å².